The van der Waals surface area contributed by atoms with Crippen molar-refractivity contribution in [1.82, 2.24) is 15.6 Å². The number of carbonyl (C=O) groups excluding carboxylic acids is 4. The minimum Gasteiger partial charge on any atom is -0.444 e. The molecule has 0 unspecified atom stereocenters. The summed E-state index contributed by atoms with van der Waals surface area (Å²) in [5, 5.41) is 8.64. The second-order valence-electron chi connectivity index (χ2n) is 12.5. The van der Waals surface area contributed by atoms with Crippen molar-refractivity contribution in [1.29, 1.82) is 0 Å². The van der Waals surface area contributed by atoms with Crippen LogP contribution in [0.4, 0.5) is 15.3 Å². The van der Waals surface area contributed by atoms with E-state index in [1.54, 1.807) is 48.8 Å². The molecule has 0 bridgehead atoms. The van der Waals surface area contributed by atoms with E-state index in [-0.39, 0.29) is 42.4 Å². The number of pyridine rings is 1. The quantitative estimate of drug-likeness (QED) is 0.150. The van der Waals surface area contributed by atoms with Gasteiger partial charge in [-0.05, 0) is 88.3 Å². The normalized spacial score (nSPS) is 16.7. The third-order valence-electron chi connectivity index (χ3n) is 7.60. The van der Waals surface area contributed by atoms with E-state index in [0.29, 0.717) is 25.1 Å². The maximum atomic E-state index is 13.4. The molecule has 1 aliphatic rings. The molecule has 3 amide bonds. The highest BCUT2D eigenvalue weighted by molar-refractivity contribution is 9.10. The summed E-state index contributed by atoms with van der Waals surface area (Å²) < 4.78 is 16.7. The van der Waals surface area contributed by atoms with Gasteiger partial charge in [-0.15, -0.1) is 0 Å². The Bertz CT molecular complexity index is 1500. The van der Waals surface area contributed by atoms with Crippen LogP contribution in [-0.2, 0) is 32.1 Å². The lowest BCUT2D eigenvalue weighted by Gasteiger charge is -2.29. The molecule has 47 heavy (non-hydrogen) atoms. The zero-order valence-electron chi connectivity index (χ0n) is 26.8. The Balaban J connectivity index is 1.32. The van der Waals surface area contributed by atoms with Crippen molar-refractivity contribution >= 4 is 45.7 Å². The van der Waals surface area contributed by atoms with Crippen molar-refractivity contribution in [3.8, 4) is 5.75 Å². The molecule has 0 saturated heterocycles. The lowest BCUT2D eigenvalue weighted by atomic mass is 9.81. The van der Waals surface area contributed by atoms with Gasteiger partial charge in [0.2, 0.25) is 11.8 Å². The molecule has 3 N–H and O–H groups in total. The monoisotopic (exact) mass is 708 g/mol. The van der Waals surface area contributed by atoms with Crippen molar-refractivity contribution in [3.05, 3.63) is 88.7 Å². The van der Waals surface area contributed by atoms with Gasteiger partial charge in [0.25, 0.3) is 0 Å². The van der Waals surface area contributed by atoms with E-state index < -0.39 is 23.9 Å². The molecule has 0 radical (unpaired) electrons. The molecule has 3 aromatic rings. The highest BCUT2D eigenvalue weighted by Gasteiger charge is 2.30. The molecule has 11 nitrogen and oxygen atoms in total. The largest absolute Gasteiger partial charge is 0.514 e. The number of nitrogens with zero attached hydrogens (tertiary/aromatic N) is 1. The van der Waals surface area contributed by atoms with Crippen LogP contribution in [0.1, 0.15) is 57.6 Å². The number of ether oxygens (including phenoxy) is 3. The van der Waals surface area contributed by atoms with Gasteiger partial charge in [-0.25, -0.2) is 9.59 Å². The fraction of sp³-hybridized carbons (Fsp3) is 0.400. The third-order valence-corrected chi connectivity index (χ3v) is 8.37. The highest BCUT2D eigenvalue weighted by Crippen LogP contribution is 2.29. The number of hydrogen-bond donors (Lipinski definition) is 3. The van der Waals surface area contributed by atoms with E-state index in [1.807, 2.05) is 45.0 Å². The predicted octanol–water partition coefficient (Wildman–Crippen LogP) is 6.56. The highest BCUT2D eigenvalue weighted by atomic mass is 79.9. The van der Waals surface area contributed by atoms with Gasteiger partial charge >= 0.3 is 12.2 Å². The minimum absolute atomic E-state index is 0.0525. The Hall–Kier alpha value is -4.45. The van der Waals surface area contributed by atoms with E-state index in [2.05, 4.69) is 36.9 Å². The van der Waals surface area contributed by atoms with E-state index in [9.17, 15) is 19.2 Å². The molecule has 1 heterocycles. The van der Waals surface area contributed by atoms with E-state index in [4.69, 9.17) is 14.2 Å². The summed E-state index contributed by atoms with van der Waals surface area (Å²) >= 11 is 3.42. The van der Waals surface area contributed by atoms with Crippen molar-refractivity contribution in [2.75, 3.05) is 11.9 Å². The van der Waals surface area contributed by atoms with Gasteiger partial charge < -0.3 is 30.2 Å². The second-order valence-corrected chi connectivity index (χ2v) is 13.3. The fourth-order valence-corrected chi connectivity index (χ4v) is 5.54. The molecule has 1 aliphatic carbocycles. The molecule has 0 aliphatic heterocycles. The smallest absolute Gasteiger partial charge is 0.444 e. The van der Waals surface area contributed by atoms with Gasteiger partial charge in [-0.1, -0.05) is 46.3 Å². The SMILES string of the molecule is CC(C)(C)OC(=O)NCC1CCC(C(=O)N[C@@H](Cc2ccc(OC(=O)OCc3ccccc3Br)cc2)C(=O)Nc2ccncc2)CC1. The number of anilines is 1. The molecule has 1 fully saturated rings. The average Bonchev–Trinajstić information content (AvgIpc) is 3.04. The van der Waals surface area contributed by atoms with Crippen LogP contribution >= 0.6 is 15.9 Å². The van der Waals surface area contributed by atoms with Crippen LogP contribution < -0.4 is 20.7 Å². The number of nitrogens with one attached hydrogen (secondary N) is 3. The number of carbonyl (C=O) groups is 4. The van der Waals surface area contributed by atoms with Crippen molar-refractivity contribution in [2.45, 2.75) is 71.1 Å². The summed E-state index contributed by atoms with van der Waals surface area (Å²) in [6.07, 6.45) is 4.90. The zero-order chi connectivity index (χ0) is 33.8. The summed E-state index contributed by atoms with van der Waals surface area (Å²) in [6.45, 7) is 5.99. The maximum Gasteiger partial charge on any atom is 0.514 e. The van der Waals surface area contributed by atoms with E-state index >= 15 is 0 Å². The van der Waals surface area contributed by atoms with Crippen LogP contribution in [0.2, 0.25) is 0 Å². The number of amides is 3. The standard InChI is InChI=1S/C35H41BrN4O7/c1-35(2,3)47-33(43)38-21-24-8-12-25(13-9-24)31(41)40-30(32(42)39-27-16-18-37-19-17-27)20-23-10-14-28(15-11-23)46-34(44)45-22-26-6-4-5-7-29(26)36/h4-7,10-11,14-19,24-25,30H,8-9,12-13,20-22H2,1-3H3,(H,38,43)(H,40,41)(H,37,39,42)/t24?,25?,30-/m0/s1. The van der Waals surface area contributed by atoms with Crippen LogP contribution in [0.15, 0.2) is 77.5 Å². The second kappa shape index (κ2) is 16.9. The molecular weight excluding hydrogens is 668 g/mol. The van der Waals surface area contributed by atoms with Gasteiger partial charge in [-0.3, -0.25) is 14.6 Å². The number of benzene rings is 2. The zero-order valence-corrected chi connectivity index (χ0v) is 28.4. The minimum atomic E-state index is -0.858. The maximum absolute atomic E-state index is 13.4. The Morgan fingerprint density at radius 2 is 1.62 bits per heavy atom. The first-order valence-corrected chi connectivity index (χ1v) is 16.4. The van der Waals surface area contributed by atoms with Gasteiger partial charge in [0.15, 0.2) is 0 Å². The first-order valence-electron chi connectivity index (χ1n) is 15.6. The molecule has 2 aromatic carbocycles. The van der Waals surface area contributed by atoms with Crippen molar-refractivity contribution in [3.63, 3.8) is 0 Å². The molecule has 4 rings (SSSR count). The molecule has 1 atom stereocenters. The Labute approximate surface area is 283 Å². The first kappa shape index (κ1) is 35.4. The predicted molar refractivity (Wildman–Crippen MR) is 180 cm³/mol. The van der Waals surface area contributed by atoms with Crippen LogP contribution in [-0.4, -0.2) is 47.2 Å². The van der Waals surface area contributed by atoms with Gasteiger partial charge in [0.1, 0.15) is 24.0 Å². The molecule has 1 aromatic heterocycles. The molecule has 250 valence electrons. The fourth-order valence-electron chi connectivity index (χ4n) is 5.14. The summed E-state index contributed by atoms with van der Waals surface area (Å²) in [7, 11) is 0. The van der Waals surface area contributed by atoms with E-state index in [0.717, 1.165) is 28.4 Å². The third kappa shape index (κ3) is 12.0. The van der Waals surface area contributed by atoms with Crippen LogP contribution in [0.5, 0.6) is 5.75 Å². The number of halogens is 1. The molecule has 1 saturated carbocycles. The van der Waals surface area contributed by atoms with Crippen LogP contribution in [0.3, 0.4) is 0 Å². The summed E-state index contributed by atoms with van der Waals surface area (Å²) in [5.41, 5.74) is 1.56. The van der Waals surface area contributed by atoms with Crippen LogP contribution in [0, 0.1) is 11.8 Å². The van der Waals surface area contributed by atoms with Gasteiger partial charge in [0, 0.05) is 47.0 Å². The average molecular weight is 710 g/mol. The van der Waals surface area contributed by atoms with E-state index in [1.165, 1.54) is 0 Å². The lowest BCUT2D eigenvalue weighted by Crippen LogP contribution is -2.48. The Kier molecular flexibility index (Phi) is 12.7. The Morgan fingerprint density at radius 3 is 2.28 bits per heavy atom. The summed E-state index contributed by atoms with van der Waals surface area (Å²) in [6, 6.07) is 16.6. The number of rotatable bonds is 11. The van der Waals surface area contributed by atoms with Gasteiger partial charge in [0.05, 0.1) is 0 Å². The number of alkyl carbamates (subject to hydrolysis) is 1. The Morgan fingerprint density at radius 1 is 0.936 bits per heavy atom. The van der Waals surface area contributed by atoms with Crippen molar-refractivity contribution in [2.24, 2.45) is 11.8 Å². The molecule has 12 heteroatoms. The number of aromatic nitrogens is 1. The molecular formula is C35H41BrN4O7. The topological polar surface area (TPSA) is 145 Å². The first-order chi connectivity index (χ1) is 22.4. The number of hydrogen-bond acceptors (Lipinski definition) is 8. The van der Waals surface area contributed by atoms with Crippen LogP contribution in [0.25, 0.3) is 0 Å². The lowest BCUT2D eigenvalue weighted by molar-refractivity contribution is -0.130. The molecule has 0 spiro atoms. The van der Waals surface area contributed by atoms with Crippen molar-refractivity contribution < 1.29 is 33.4 Å². The summed E-state index contributed by atoms with van der Waals surface area (Å²) in [4.78, 5) is 55.0. The van der Waals surface area contributed by atoms with Gasteiger partial charge in [-0.2, -0.15) is 0 Å². The summed E-state index contributed by atoms with van der Waals surface area (Å²) in [5.74, 6) is -0.273.